The van der Waals surface area contributed by atoms with Crippen molar-refractivity contribution in [3.63, 3.8) is 0 Å². The number of benzene rings is 1. The van der Waals surface area contributed by atoms with Crippen LogP contribution >= 0.6 is 0 Å². The van der Waals surface area contributed by atoms with Gasteiger partial charge in [-0.05, 0) is 82.4 Å². The van der Waals surface area contributed by atoms with E-state index in [-0.39, 0.29) is 18.4 Å². The van der Waals surface area contributed by atoms with Gasteiger partial charge in [0.1, 0.15) is 13.2 Å². The first-order valence-corrected chi connectivity index (χ1v) is 12.3. The number of esters is 1. The molecule has 2 aromatic rings. The van der Waals surface area contributed by atoms with Gasteiger partial charge < -0.3 is 23.9 Å². The summed E-state index contributed by atoms with van der Waals surface area (Å²) in [5.74, 6) is 1.66. The molecule has 2 unspecified atom stereocenters. The number of rotatable bonds is 5. The molecule has 1 aromatic heterocycles. The predicted molar refractivity (Wildman–Crippen MR) is 124 cm³/mol. The molecule has 7 rings (SSSR count). The van der Waals surface area contributed by atoms with Gasteiger partial charge in [-0.1, -0.05) is 0 Å². The predicted octanol–water partition coefficient (Wildman–Crippen LogP) is 3.92. The second-order valence-corrected chi connectivity index (χ2v) is 10.9. The molecule has 4 saturated carbocycles. The monoisotopic (exact) mass is 465 g/mol. The fourth-order valence-electron chi connectivity index (χ4n) is 7.43. The molecule has 180 valence electrons. The van der Waals surface area contributed by atoms with E-state index in [1.54, 1.807) is 0 Å². The minimum Gasteiger partial charge on any atom is -0.486 e. The SMILES string of the molecule is Cc1cc(C(=O)COC(=O)C23CC4CC(CC(O)(C4)C2)C3)c(C)n1-c1ccc2c(c1)OCCO2. The number of hydrogen-bond acceptors (Lipinski definition) is 6. The number of aryl methyl sites for hydroxylation is 1. The molecule has 5 aliphatic rings. The summed E-state index contributed by atoms with van der Waals surface area (Å²) in [5.41, 5.74) is 1.77. The molecule has 0 radical (unpaired) electrons. The lowest BCUT2D eigenvalue weighted by Gasteiger charge is -2.58. The van der Waals surface area contributed by atoms with Crippen molar-refractivity contribution >= 4 is 11.8 Å². The van der Waals surface area contributed by atoms with E-state index in [2.05, 4.69) is 0 Å². The zero-order chi connectivity index (χ0) is 23.7. The van der Waals surface area contributed by atoms with E-state index < -0.39 is 11.0 Å². The quantitative estimate of drug-likeness (QED) is 0.532. The lowest BCUT2D eigenvalue weighted by molar-refractivity contribution is -0.195. The topological polar surface area (TPSA) is 87.0 Å². The van der Waals surface area contributed by atoms with Gasteiger partial charge >= 0.3 is 5.97 Å². The van der Waals surface area contributed by atoms with Gasteiger partial charge in [0.2, 0.25) is 5.78 Å². The van der Waals surface area contributed by atoms with E-state index in [9.17, 15) is 14.7 Å². The van der Waals surface area contributed by atoms with Gasteiger partial charge in [0.15, 0.2) is 18.1 Å². The molecule has 0 saturated heterocycles. The second kappa shape index (κ2) is 7.60. The van der Waals surface area contributed by atoms with Crippen LogP contribution in [0.15, 0.2) is 24.3 Å². The van der Waals surface area contributed by atoms with Crippen LogP contribution in [0.3, 0.4) is 0 Å². The number of carbonyl (C=O) groups excluding carboxylic acids is 2. The number of aliphatic hydroxyl groups is 1. The number of hydrogen-bond donors (Lipinski definition) is 1. The van der Waals surface area contributed by atoms with Crippen molar-refractivity contribution in [1.29, 1.82) is 0 Å². The number of aromatic nitrogens is 1. The van der Waals surface area contributed by atoms with Crippen molar-refractivity contribution in [3.8, 4) is 17.2 Å². The highest BCUT2D eigenvalue weighted by atomic mass is 16.6. The molecule has 1 N–H and O–H groups in total. The van der Waals surface area contributed by atoms with Gasteiger partial charge in [-0.25, -0.2) is 0 Å². The van der Waals surface area contributed by atoms with Crippen LogP contribution in [0.25, 0.3) is 5.69 Å². The molecule has 2 heterocycles. The van der Waals surface area contributed by atoms with Crippen LogP contribution in [0.1, 0.15) is 60.3 Å². The summed E-state index contributed by atoms with van der Waals surface area (Å²) in [7, 11) is 0. The van der Waals surface area contributed by atoms with Gasteiger partial charge in [-0.15, -0.1) is 0 Å². The first-order valence-electron chi connectivity index (χ1n) is 12.3. The third-order valence-corrected chi connectivity index (χ3v) is 8.31. The van der Waals surface area contributed by atoms with Crippen LogP contribution in [0.5, 0.6) is 11.5 Å². The van der Waals surface area contributed by atoms with Crippen molar-refractivity contribution in [2.45, 2.75) is 58.0 Å². The number of carbonyl (C=O) groups is 2. The lowest BCUT2D eigenvalue weighted by atomic mass is 9.48. The molecule has 0 spiro atoms. The van der Waals surface area contributed by atoms with Crippen LogP contribution < -0.4 is 9.47 Å². The maximum absolute atomic E-state index is 13.2. The molecule has 2 atom stereocenters. The third-order valence-electron chi connectivity index (χ3n) is 8.31. The van der Waals surface area contributed by atoms with Gasteiger partial charge in [0.05, 0.1) is 11.0 Å². The Morgan fingerprint density at radius 2 is 1.76 bits per heavy atom. The van der Waals surface area contributed by atoms with E-state index >= 15 is 0 Å². The summed E-state index contributed by atoms with van der Waals surface area (Å²) in [5, 5.41) is 10.9. The number of fused-ring (bicyclic) bond motifs is 1. The van der Waals surface area contributed by atoms with Crippen LogP contribution in [-0.4, -0.2) is 46.8 Å². The van der Waals surface area contributed by atoms with E-state index in [0.717, 1.165) is 54.9 Å². The maximum Gasteiger partial charge on any atom is 0.312 e. The van der Waals surface area contributed by atoms with Gasteiger partial charge in [-0.3, -0.25) is 9.59 Å². The van der Waals surface area contributed by atoms with E-state index in [1.165, 1.54) is 0 Å². The Balaban J connectivity index is 1.19. The lowest BCUT2D eigenvalue weighted by Crippen LogP contribution is -2.58. The molecular formula is C27H31NO6. The fraction of sp³-hybridized carbons (Fsp3) is 0.556. The Morgan fingerprint density at radius 1 is 1.06 bits per heavy atom. The normalized spacial score (nSPS) is 30.9. The second-order valence-electron chi connectivity index (χ2n) is 10.9. The molecule has 34 heavy (non-hydrogen) atoms. The smallest absolute Gasteiger partial charge is 0.312 e. The number of Topliss-reactive ketones (excluding diaryl/α,β-unsaturated/α-hetero) is 1. The Bertz CT molecular complexity index is 1170. The molecule has 1 aromatic carbocycles. The summed E-state index contributed by atoms with van der Waals surface area (Å²) in [6.07, 6.45) is 4.71. The standard InChI is InChI=1S/C27H31NO6/c1-16-7-21(17(2)28(16)20-3-4-23-24(9-20)33-6-5-32-23)22(29)14-34-25(30)26-10-18-8-19(11-26)13-27(31,12-18)15-26/h3-4,7,9,18-19,31H,5-6,8,10-15H2,1-2H3. The minimum atomic E-state index is -0.734. The van der Waals surface area contributed by atoms with Crippen molar-refractivity contribution in [1.82, 2.24) is 4.57 Å². The Morgan fingerprint density at radius 3 is 2.47 bits per heavy atom. The zero-order valence-electron chi connectivity index (χ0n) is 19.8. The Labute approximate surface area is 199 Å². The van der Waals surface area contributed by atoms with Gasteiger partial charge in [-0.2, -0.15) is 0 Å². The van der Waals surface area contributed by atoms with Crippen molar-refractivity contribution < 1.29 is 28.9 Å². The van der Waals surface area contributed by atoms with Crippen LogP contribution in [0.4, 0.5) is 0 Å². The third kappa shape index (κ3) is 3.44. The number of nitrogens with zero attached hydrogens (tertiary/aromatic N) is 1. The Hall–Kier alpha value is -2.80. The van der Waals surface area contributed by atoms with Crippen molar-refractivity contribution in [3.05, 3.63) is 41.2 Å². The minimum absolute atomic E-state index is 0.214. The summed E-state index contributed by atoms with van der Waals surface area (Å²) in [4.78, 5) is 26.3. The van der Waals surface area contributed by atoms with Crippen LogP contribution in [-0.2, 0) is 9.53 Å². The first kappa shape index (κ1) is 21.7. The average Bonchev–Trinajstić information content (AvgIpc) is 3.09. The first-order chi connectivity index (χ1) is 16.3. The number of ketones is 1. The van der Waals surface area contributed by atoms with E-state index in [1.807, 2.05) is 42.7 Å². The summed E-state index contributed by atoms with van der Waals surface area (Å²) in [6, 6.07) is 7.58. The van der Waals surface area contributed by atoms with Gasteiger partial charge in [0.25, 0.3) is 0 Å². The molecule has 1 aliphatic heterocycles. The fourth-order valence-corrected chi connectivity index (χ4v) is 7.43. The van der Waals surface area contributed by atoms with E-state index in [4.69, 9.17) is 14.2 Å². The van der Waals surface area contributed by atoms with E-state index in [0.29, 0.717) is 42.8 Å². The average molecular weight is 466 g/mol. The van der Waals surface area contributed by atoms with Crippen molar-refractivity contribution in [2.75, 3.05) is 19.8 Å². The largest absolute Gasteiger partial charge is 0.486 e. The maximum atomic E-state index is 13.2. The molecule has 4 fully saturated rings. The highest BCUT2D eigenvalue weighted by molar-refractivity contribution is 5.99. The molecule has 0 amide bonds. The van der Waals surface area contributed by atoms with Crippen molar-refractivity contribution in [2.24, 2.45) is 17.3 Å². The highest BCUT2D eigenvalue weighted by Gasteiger charge is 2.60. The van der Waals surface area contributed by atoms with Crippen LogP contribution in [0, 0.1) is 31.1 Å². The van der Waals surface area contributed by atoms with Crippen LogP contribution in [0.2, 0.25) is 0 Å². The molecular weight excluding hydrogens is 434 g/mol. The number of ether oxygens (including phenoxy) is 3. The zero-order valence-corrected chi connectivity index (χ0v) is 19.8. The molecule has 7 heteroatoms. The summed E-state index contributed by atoms with van der Waals surface area (Å²) in [6.45, 7) is 4.61. The summed E-state index contributed by atoms with van der Waals surface area (Å²) >= 11 is 0. The van der Waals surface area contributed by atoms with Gasteiger partial charge in [0, 0.05) is 28.7 Å². The molecule has 7 nitrogen and oxygen atoms in total. The molecule has 4 aliphatic carbocycles. The highest BCUT2D eigenvalue weighted by Crippen LogP contribution is 2.62. The summed E-state index contributed by atoms with van der Waals surface area (Å²) < 4.78 is 19.0. The Kier molecular flexibility index (Phi) is 4.86. The molecule has 4 bridgehead atoms.